The molecule has 0 aliphatic carbocycles. The average Bonchev–Trinajstić information content (AvgIpc) is 3.33. The molecule has 5 amide bonds. The van der Waals surface area contributed by atoms with Crippen molar-refractivity contribution in [2.45, 2.75) is 19.4 Å². The van der Waals surface area contributed by atoms with Crippen molar-refractivity contribution in [3.05, 3.63) is 76.7 Å². The zero-order chi connectivity index (χ0) is 25.8. The molecule has 3 aromatic rings. The summed E-state index contributed by atoms with van der Waals surface area (Å²) in [5, 5.41) is 4.98. The first-order valence-electron chi connectivity index (χ1n) is 12.1. The minimum Gasteiger partial charge on any atom is -0.350 e. The predicted octanol–water partition coefficient (Wildman–Crippen LogP) is 3.06. The van der Waals surface area contributed by atoms with Crippen LogP contribution in [-0.2, 0) is 18.4 Å². The summed E-state index contributed by atoms with van der Waals surface area (Å²) in [5.74, 6) is -1.83. The van der Waals surface area contributed by atoms with Crippen LogP contribution >= 0.6 is 0 Å². The molecule has 1 saturated heterocycles. The van der Waals surface area contributed by atoms with Crippen LogP contribution in [0.4, 0.5) is 9.18 Å². The summed E-state index contributed by atoms with van der Waals surface area (Å²) in [6.07, 6.45) is 5.07. The summed E-state index contributed by atoms with van der Waals surface area (Å²) in [4.78, 5) is 51.8. The molecule has 188 valence electrons. The molecule has 2 aromatic carbocycles. The van der Waals surface area contributed by atoms with Crippen molar-refractivity contribution in [3.63, 3.8) is 0 Å². The molecule has 6 rings (SSSR count). The smallest absolute Gasteiger partial charge is 0.343 e. The van der Waals surface area contributed by atoms with Crippen LogP contribution in [0.3, 0.4) is 0 Å². The second-order valence-corrected chi connectivity index (χ2v) is 9.56. The van der Waals surface area contributed by atoms with Gasteiger partial charge in [-0.1, -0.05) is 12.1 Å². The molecule has 9 nitrogen and oxygen atoms in total. The molecule has 4 heterocycles. The molecule has 3 aliphatic heterocycles. The first-order chi connectivity index (χ1) is 17.8. The van der Waals surface area contributed by atoms with Crippen LogP contribution in [0.25, 0.3) is 16.5 Å². The molecule has 3 aliphatic rings. The van der Waals surface area contributed by atoms with Crippen molar-refractivity contribution in [2.75, 3.05) is 19.6 Å². The number of hydrogen-bond donors (Lipinski definition) is 1. The summed E-state index contributed by atoms with van der Waals surface area (Å²) >= 11 is 0. The minimum atomic E-state index is -0.779. The number of hydrogen-bond acceptors (Lipinski definition) is 5. The minimum absolute atomic E-state index is 0.0184. The molecule has 1 fully saturated rings. The highest BCUT2D eigenvalue weighted by Gasteiger charge is 2.43. The lowest BCUT2D eigenvalue weighted by Crippen LogP contribution is -2.58. The van der Waals surface area contributed by atoms with Gasteiger partial charge in [0.05, 0.1) is 23.2 Å². The molecule has 0 saturated carbocycles. The Balaban J connectivity index is 1.17. The van der Waals surface area contributed by atoms with Gasteiger partial charge in [0, 0.05) is 50.2 Å². The Bertz CT molecular complexity index is 1540. The summed E-state index contributed by atoms with van der Waals surface area (Å²) in [7, 11) is 1.92. The SMILES string of the molecule is Cn1cc(C2=CCN(Cc3ccc4c(c3)C(=O)N(N3CCC(=O)NC3=O)C4=O)CC2)c2ccc(F)cc21. The fraction of sp³-hybridized carbons (Fsp3) is 0.259. The number of carbonyl (C=O) groups excluding carboxylic acids is 4. The molecule has 0 unspecified atom stereocenters. The largest absolute Gasteiger partial charge is 0.350 e. The molecular weight excluding hydrogens is 477 g/mol. The Hall–Kier alpha value is -4.31. The topological polar surface area (TPSA) is 95.0 Å². The van der Waals surface area contributed by atoms with E-state index in [0.29, 0.717) is 13.1 Å². The van der Waals surface area contributed by atoms with Crippen molar-refractivity contribution < 1.29 is 23.6 Å². The number of nitrogens with zero attached hydrogens (tertiary/aromatic N) is 4. The lowest BCUT2D eigenvalue weighted by Gasteiger charge is -2.32. The number of fused-ring (bicyclic) bond motifs is 2. The zero-order valence-corrected chi connectivity index (χ0v) is 20.2. The highest BCUT2D eigenvalue weighted by Crippen LogP contribution is 2.32. The monoisotopic (exact) mass is 501 g/mol. The standard InChI is InChI=1S/C27H24FN5O4/c1-30-15-22(19-5-3-18(28)13-23(19)30)17-6-9-31(10-7-17)14-16-2-4-20-21(12-16)26(36)33(25(20)35)32-11-8-24(34)29-27(32)37/h2-6,12-13,15H,7-11,14H2,1H3,(H,29,34,37). The number of urea groups is 1. The van der Waals surface area contributed by atoms with Crippen molar-refractivity contribution in [1.82, 2.24) is 24.8 Å². The van der Waals surface area contributed by atoms with Crippen LogP contribution in [0.1, 0.15) is 44.7 Å². The molecule has 0 spiro atoms. The van der Waals surface area contributed by atoms with E-state index in [1.165, 1.54) is 11.6 Å². The molecule has 1 aromatic heterocycles. The molecule has 37 heavy (non-hydrogen) atoms. The fourth-order valence-electron chi connectivity index (χ4n) is 5.31. The molecule has 0 atom stereocenters. The maximum absolute atomic E-state index is 13.7. The first-order valence-corrected chi connectivity index (χ1v) is 12.1. The number of halogens is 1. The molecular formula is C27H24FN5O4. The van der Waals surface area contributed by atoms with Crippen LogP contribution in [0.15, 0.2) is 48.7 Å². The van der Waals surface area contributed by atoms with Gasteiger partial charge in [-0.2, -0.15) is 5.01 Å². The predicted molar refractivity (Wildman–Crippen MR) is 133 cm³/mol. The third-order valence-electron chi connectivity index (χ3n) is 7.20. The summed E-state index contributed by atoms with van der Waals surface area (Å²) in [6, 6.07) is 9.24. The van der Waals surface area contributed by atoms with E-state index < -0.39 is 23.8 Å². The Kier molecular flexibility index (Phi) is 5.41. The van der Waals surface area contributed by atoms with E-state index in [1.807, 2.05) is 29.9 Å². The number of aromatic nitrogens is 1. The van der Waals surface area contributed by atoms with Gasteiger partial charge >= 0.3 is 6.03 Å². The first kappa shape index (κ1) is 23.1. The van der Waals surface area contributed by atoms with Gasteiger partial charge in [0.1, 0.15) is 5.82 Å². The van der Waals surface area contributed by atoms with E-state index in [9.17, 15) is 23.6 Å². The Morgan fingerprint density at radius 2 is 1.73 bits per heavy atom. The second kappa shape index (κ2) is 8.67. The maximum Gasteiger partial charge on any atom is 0.343 e. The second-order valence-electron chi connectivity index (χ2n) is 9.56. The lowest BCUT2D eigenvalue weighted by atomic mass is 9.98. The van der Waals surface area contributed by atoms with Gasteiger partial charge in [-0.3, -0.25) is 24.6 Å². The van der Waals surface area contributed by atoms with Gasteiger partial charge in [-0.15, -0.1) is 0 Å². The molecule has 1 N–H and O–H groups in total. The Labute approximate surface area is 211 Å². The third kappa shape index (κ3) is 3.89. The van der Waals surface area contributed by atoms with Crippen LogP contribution in [0.5, 0.6) is 0 Å². The fourth-order valence-corrected chi connectivity index (χ4v) is 5.31. The van der Waals surface area contributed by atoms with Crippen LogP contribution in [0, 0.1) is 5.82 Å². The van der Waals surface area contributed by atoms with Gasteiger partial charge in [-0.05, 0) is 47.9 Å². The number of amides is 5. The van der Waals surface area contributed by atoms with E-state index >= 15 is 0 Å². The van der Waals surface area contributed by atoms with Crippen molar-refractivity contribution >= 4 is 40.2 Å². The number of carbonyl (C=O) groups is 4. The molecule has 0 bridgehead atoms. The molecule has 0 radical (unpaired) electrons. The van der Waals surface area contributed by atoms with Crippen LogP contribution < -0.4 is 5.32 Å². The number of rotatable bonds is 4. The van der Waals surface area contributed by atoms with Gasteiger partial charge in [0.25, 0.3) is 11.8 Å². The highest BCUT2D eigenvalue weighted by atomic mass is 19.1. The van der Waals surface area contributed by atoms with E-state index in [4.69, 9.17) is 0 Å². The van der Waals surface area contributed by atoms with Crippen LogP contribution in [0.2, 0.25) is 0 Å². The maximum atomic E-state index is 13.7. The quantitative estimate of drug-likeness (QED) is 0.555. The number of aryl methyl sites for hydroxylation is 1. The van der Waals surface area contributed by atoms with E-state index in [2.05, 4.69) is 16.3 Å². The van der Waals surface area contributed by atoms with Gasteiger partial charge in [0.15, 0.2) is 0 Å². The Morgan fingerprint density at radius 3 is 2.49 bits per heavy atom. The van der Waals surface area contributed by atoms with E-state index in [-0.39, 0.29) is 29.9 Å². The number of imide groups is 2. The highest BCUT2D eigenvalue weighted by molar-refractivity contribution is 6.22. The number of hydrazine groups is 1. The lowest BCUT2D eigenvalue weighted by molar-refractivity contribution is -0.122. The molecule has 10 heteroatoms. The van der Waals surface area contributed by atoms with Gasteiger partial charge in [-0.25, -0.2) is 14.2 Å². The third-order valence-corrected chi connectivity index (χ3v) is 7.20. The number of nitrogens with one attached hydrogen (secondary N) is 1. The van der Waals surface area contributed by atoms with E-state index in [0.717, 1.165) is 45.0 Å². The van der Waals surface area contributed by atoms with E-state index in [1.54, 1.807) is 18.2 Å². The van der Waals surface area contributed by atoms with Crippen molar-refractivity contribution in [2.24, 2.45) is 7.05 Å². The summed E-state index contributed by atoms with van der Waals surface area (Å²) in [6.45, 7) is 2.08. The number of benzene rings is 2. The van der Waals surface area contributed by atoms with Gasteiger partial charge < -0.3 is 4.57 Å². The van der Waals surface area contributed by atoms with Crippen LogP contribution in [-0.4, -0.2) is 62.9 Å². The Morgan fingerprint density at radius 1 is 0.919 bits per heavy atom. The zero-order valence-electron chi connectivity index (χ0n) is 20.2. The van der Waals surface area contributed by atoms with Crippen molar-refractivity contribution in [3.8, 4) is 0 Å². The average molecular weight is 502 g/mol. The van der Waals surface area contributed by atoms with Gasteiger partial charge in [0.2, 0.25) is 5.91 Å². The summed E-state index contributed by atoms with van der Waals surface area (Å²) < 4.78 is 15.6. The normalized spacial score (nSPS) is 18.5. The van der Waals surface area contributed by atoms with Crippen molar-refractivity contribution in [1.29, 1.82) is 0 Å². The summed E-state index contributed by atoms with van der Waals surface area (Å²) in [5.41, 5.74) is 4.57.